The molecule has 1 heterocycles. The van der Waals surface area contributed by atoms with Crippen molar-refractivity contribution in [2.45, 2.75) is 17.8 Å². The summed E-state index contributed by atoms with van der Waals surface area (Å²) >= 11 is 0. The largest absolute Gasteiger partial charge is 0.387 e. The summed E-state index contributed by atoms with van der Waals surface area (Å²) in [6, 6.07) is 25.7. The van der Waals surface area contributed by atoms with Crippen LogP contribution in [0.25, 0.3) is 11.1 Å². The predicted molar refractivity (Wildman–Crippen MR) is 124 cm³/mol. The molecule has 0 spiro atoms. The van der Waals surface area contributed by atoms with Crippen molar-refractivity contribution >= 4 is 11.8 Å². The first-order chi connectivity index (χ1) is 16.0. The van der Waals surface area contributed by atoms with E-state index in [0.29, 0.717) is 11.1 Å². The molecule has 0 bridgehead atoms. The summed E-state index contributed by atoms with van der Waals surface area (Å²) in [5, 5.41) is 26.7. The van der Waals surface area contributed by atoms with Gasteiger partial charge in [-0.05, 0) is 35.4 Å². The molecular formula is C26H26N2O5. The van der Waals surface area contributed by atoms with Crippen LogP contribution in [0.3, 0.4) is 0 Å². The second-order valence-corrected chi connectivity index (χ2v) is 8.10. The Morgan fingerprint density at radius 1 is 0.818 bits per heavy atom. The lowest BCUT2D eigenvalue weighted by Crippen LogP contribution is -2.53. The lowest BCUT2D eigenvalue weighted by atomic mass is 9.96. The van der Waals surface area contributed by atoms with Crippen molar-refractivity contribution in [1.29, 1.82) is 0 Å². The maximum atomic E-state index is 12.5. The van der Waals surface area contributed by atoms with E-state index in [9.17, 15) is 19.8 Å². The van der Waals surface area contributed by atoms with Crippen LogP contribution in [0.5, 0.6) is 0 Å². The van der Waals surface area contributed by atoms with Crippen LogP contribution in [-0.2, 0) is 4.74 Å². The first-order valence-corrected chi connectivity index (χ1v) is 10.8. The molecule has 0 aliphatic carbocycles. The normalized spacial score (nSPS) is 22.0. The highest BCUT2D eigenvalue weighted by Crippen LogP contribution is 2.24. The van der Waals surface area contributed by atoms with E-state index in [1.54, 1.807) is 42.5 Å². The topological polar surface area (TPSA) is 108 Å². The second-order valence-electron chi connectivity index (χ2n) is 8.10. The SMILES string of the molecule is O=C(NC[C@H]1OC[C@@](O)(CNC(=O)c2ccccc2)[C@@H]1O)c1ccc(-c2ccccc2)cc1. The average Bonchev–Trinajstić information content (AvgIpc) is 3.16. The van der Waals surface area contributed by atoms with Crippen LogP contribution in [0.2, 0.25) is 0 Å². The Hall–Kier alpha value is -3.52. The summed E-state index contributed by atoms with van der Waals surface area (Å²) in [5.41, 5.74) is 1.36. The fraction of sp³-hybridized carbons (Fsp3) is 0.231. The Bertz CT molecular complexity index is 1090. The molecule has 3 aromatic rings. The number of carbonyl (C=O) groups is 2. The monoisotopic (exact) mass is 446 g/mol. The second kappa shape index (κ2) is 9.95. The van der Waals surface area contributed by atoms with Gasteiger partial charge in [-0.3, -0.25) is 9.59 Å². The molecule has 0 aromatic heterocycles. The number of nitrogens with one attached hydrogen (secondary N) is 2. The van der Waals surface area contributed by atoms with Gasteiger partial charge in [0.2, 0.25) is 0 Å². The molecule has 1 saturated heterocycles. The molecule has 33 heavy (non-hydrogen) atoms. The Morgan fingerprint density at radius 3 is 2.03 bits per heavy atom. The highest BCUT2D eigenvalue weighted by molar-refractivity contribution is 5.95. The van der Waals surface area contributed by atoms with Gasteiger partial charge in [0.25, 0.3) is 11.8 Å². The summed E-state index contributed by atoms with van der Waals surface area (Å²) in [6.45, 7) is -0.307. The van der Waals surface area contributed by atoms with Gasteiger partial charge in [0.1, 0.15) is 17.8 Å². The van der Waals surface area contributed by atoms with Crippen molar-refractivity contribution < 1.29 is 24.5 Å². The zero-order valence-electron chi connectivity index (χ0n) is 18.0. The van der Waals surface area contributed by atoms with Crippen LogP contribution < -0.4 is 10.6 Å². The molecule has 1 aliphatic rings. The van der Waals surface area contributed by atoms with Crippen LogP contribution in [0.4, 0.5) is 0 Å². The van der Waals surface area contributed by atoms with Crippen LogP contribution >= 0.6 is 0 Å². The van der Waals surface area contributed by atoms with E-state index in [1.807, 2.05) is 42.5 Å². The number of aliphatic hydroxyl groups excluding tert-OH is 1. The van der Waals surface area contributed by atoms with Gasteiger partial charge in [-0.15, -0.1) is 0 Å². The number of benzene rings is 3. The number of hydrogen-bond donors (Lipinski definition) is 4. The van der Waals surface area contributed by atoms with E-state index in [0.717, 1.165) is 11.1 Å². The standard InChI is InChI=1S/C26H26N2O5/c29-23-22(33-17-26(23,32)16-28-25(31)20-9-5-2-6-10-20)15-27-24(30)21-13-11-19(12-14-21)18-7-3-1-4-8-18/h1-14,22-23,29,32H,15-17H2,(H,27,30)(H,28,31)/t22-,23-,26+/m1/s1. The molecule has 7 heteroatoms. The zero-order chi connectivity index (χ0) is 23.3. The number of ether oxygens (including phenoxy) is 1. The van der Waals surface area contributed by atoms with Gasteiger partial charge in [0, 0.05) is 17.7 Å². The lowest BCUT2D eigenvalue weighted by molar-refractivity contribution is -0.0464. The molecule has 4 rings (SSSR count). The van der Waals surface area contributed by atoms with Crippen LogP contribution in [-0.4, -0.2) is 59.5 Å². The van der Waals surface area contributed by atoms with Gasteiger partial charge >= 0.3 is 0 Å². The fourth-order valence-electron chi connectivity index (χ4n) is 3.76. The molecule has 1 aliphatic heterocycles. The summed E-state index contributed by atoms with van der Waals surface area (Å²) in [5.74, 6) is -0.662. The van der Waals surface area contributed by atoms with E-state index in [-0.39, 0.29) is 31.5 Å². The molecule has 4 N–H and O–H groups in total. The first-order valence-electron chi connectivity index (χ1n) is 10.8. The third-order valence-corrected chi connectivity index (χ3v) is 5.76. The van der Waals surface area contributed by atoms with E-state index in [1.165, 1.54) is 0 Å². The highest BCUT2D eigenvalue weighted by atomic mass is 16.5. The van der Waals surface area contributed by atoms with Crippen molar-refractivity contribution in [3.05, 3.63) is 96.1 Å². The predicted octanol–water partition coefficient (Wildman–Crippen LogP) is 2.00. The minimum Gasteiger partial charge on any atom is -0.387 e. The molecule has 7 nitrogen and oxygen atoms in total. The molecular weight excluding hydrogens is 420 g/mol. The molecule has 170 valence electrons. The molecule has 3 aromatic carbocycles. The maximum absolute atomic E-state index is 12.5. The smallest absolute Gasteiger partial charge is 0.251 e. The molecule has 0 unspecified atom stereocenters. The van der Waals surface area contributed by atoms with Crippen molar-refractivity contribution in [3.63, 3.8) is 0 Å². The minimum absolute atomic E-state index is 0.0232. The first kappa shape index (κ1) is 22.7. The van der Waals surface area contributed by atoms with E-state index in [4.69, 9.17) is 4.74 Å². The van der Waals surface area contributed by atoms with Crippen molar-refractivity contribution in [2.75, 3.05) is 19.7 Å². The van der Waals surface area contributed by atoms with Crippen molar-refractivity contribution in [2.24, 2.45) is 0 Å². The number of rotatable bonds is 7. The summed E-state index contributed by atoms with van der Waals surface area (Å²) < 4.78 is 5.52. The van der Waals surface area contributed by atoms with E-state index >= 15 is 0 Å². The third-order valence-electron chi connectivity index (χ3n) is 5.76. The number of carbonyl (C=O) groups excluding carboxylic acids is 2. The molecule has 1 fully saturated rings. The molecule has 0 radical (unpaired) electrons. The molecule has 0 saturated carbocycles. The van der Waals surface area contributed by atoms with E-state index < -0.39 is 17.8 Å². The van der Waals surface area contributed by atoms with Crippen molar-refractivity contribution in [1.82, 2.24) is 10.6 Å². The number of hydrogen-bond acceptors (Lipinski definition) is 5. The number of aliphatic hydroxyl groups is 2. The Balaban J connectivity index is 1.29. The Morgan fingerprint density at radius 2 is 1.36 bits per heavy atom. The van der Waals surface area contributed by atoms with Gasteiger partial charge in [0.15, 0.2) is 0 Å². The Labute approximate surface area is 192 Å². The summed E-state index contributed by atoms with van der Waals surface area (Å²) in [4.78, 5) is 24.7. The van der Waals surface area contributed by atoms with E-state index in [2.05, 4.69) is 10.6 Å². The minimum atomic E-state index is -1.64. The Kier molecular flexibility index (Phi) is 6.84. The highest BCUT2D eigenvalue weighted by Gasteiger charge is 2.48. The fourth-order valence-corrected chi connectivity index (χ4v) is 3.76. The third kappa shape index (κ3) is 5.28. The van der Waals surface area contributed by atoms with Gasteiger partial charge in [0.05, 0.1) is 13.2 Å². The van der Waals surface area contributed by atoms with Crippen LogP contribution in [0.1, 0.15) is 20.7 Å². The maximum Gasteiger partial charge on any atom is 0.251 e. The van der Waals surface area contributed by atoms with Gasteiger partial charge < -0.3 is 25.6 Å². The molecule has 3 atom stereocenters. The van der Waals surface area contributed by atoms with Crippen molar-refractivity contribution in [3.8, 4) is 11.1 Å². The number of amides is 2. The van der Waals surface area contributed by atoms with Crippen LogP contribution in [0.15, 0.2) is 84.9 Å². The average molecular weight is 447 g/mol. The van der Waals surface area contributed by atoms with Gasteiger partial charge in [-0.2, -0.15) is 0 Å². The quantitative estimate of drug-likeness (QED) is 0.444. The van der Waals surface area contributed by atoms with Gasteiger partial charge in [-0.25, -0.2) is 0 Å². The lowest BCUT2D eigenvalue weighted by Gasteiger charge is -2.26. The summed E-state index contributed by atoms with van der Waals surface area (Å²) in [7, 11) is 0. The molecule has 2 amide bonds. The van der Waals surface area contributed by atoms with Crippen LogP contribution in [0, 0.1) is 0 Å². The summed E-state index contributed by atoms with van der Waals surface area (Å²) in [6.07, 6.45) is -2.06. The zero-order valence-corrected chi connectivity index (χ0v) is 18.0. The van der Waals surface area contributed by atoms with Gasteiger partial charge in [-0.1, -0.05) is 60.7 Å².